The average molecular weight is 258 g/mol. The Kier molecular flexibility index (Phi) is 4.19. The molecule has 1 aliphatic carbocycles. The van der Waals surface area contributed by atoms with E-state index in [2.05, 4.69) is 35.3 Å². The molecule has 3 rings (SSSR count). The zero-order valence-corrected chi connectivity index (χ0v) is 12.1. The maximum atomic E-state index is 3.43. The summed E-state index contributed by atoms with van der Waals surface area (Å²) in [6.45, 7) is 7.08. The van der Waals surface area contributed by atoms with Gasteiger partial charge in [-0.25, -0.2) is 0 Å². The minimum absolute atomic E-state index is 0.670. The van der Waals surface area contributed by atoms with Gasteiger partial charge >= 0.3 is 0 Å². The lowest BCUT2D eigenvalue weighted by molar-refractivity contribution is 0.183. The molecular weight excluding hydrogens is 232 g/mol. The van der Waals surface area contributed by atoms with E-state index in [-0.39, 0.29) is 0 Å². The Bertz CT molecular complexity index is 421. The molecule has 2 heteroatoms. The number of nitrogens with one attached hydrogen (secondary N) is 1. The van der Waals surface area contributed by atoms with E-state index in [4.69, 9.17) is 0 Å². The largest absolute Gasteiger partial charge is 0.314 e. The van der Waals surface area contributed by atoms with E-state index in [0.717, 1.165) is 13.1 Å². The Hall–Kier alpha value is -0.860. The van der Waals surface area contributed by atoms with Crippen LogP contribution in [0.5, 0.6) is 0 Å². The molecule has 0 saturated carbocycles. The number of aryl methyl sites for hydroxylation is 2. The summed E-state index contributed by atoms with van der Waals surface area (Å²) in [4.78, 5) is 2.62. The van der Waals surface area contributed by atoms with Gasteiger partial charge in [-0.1, -0.05) is 18.2 Å². The van der Waals surface area contributed by atoms with Gasteiger partial charge in [0.15, 0.2) is 0 Å². The highest BCUT2D eigenvalue weighted by Crippen LogP contribution is 2.23. The third-order valence-corrected chi connectivity index (χ3v) is 4.72. The lowest BCUT2D eigenvalue weighted by Gasteiger charge is -2.33. The van der Waals surface area contributed by atoms with Crippen LogP contribution in [-0.2, 0) is 19.3 Å². The lowest BCUT2D eigenvalue weighted by atomic mass is 9.89. The molecule has 1 N–H and O–H groups in total. The van der Waals surface area contributed by atoms with Crippen molar-refractivity contribution in [2.75, 3.05) is 26.2 Å². The van der Waals surface area contributed by atoms with E-state index in [0.29, 0.717) is 6.04 Å². The zero-order valence-electron chi connectivity index (χ0n) is 12.1. The number of benzene rings is 1. The Balaban J connectivity index is 1.65. The molecule has 104 valence electrons. The van der Waals surface area contributed by atoms with E-state index in [1.165, 1.54) is 50.8 Å². The van der Waals surface area contributed by atoms with Crippen LogP contribution in [0.15, 0.2) is 18.2 Å². The van der Waals surface area contributed by atoms with Crippen molar-refractivity contribution >= 4 is 0 Å². The van der Waals surface area contributed by atoms with E-state index in [9.17, 15) is 0 Å². The first-order valence-corrected chi connectivity index (χ1v) is 7.88. The molecule has 2 aliphatic rings. The maximum Gasteiger partial charge on any atom is 0.0110 e. The van der Waals surface area contributed by atoms with Crippen molar-refractivity contribution in [3.05, 3.63) is 34.9 Å². The van der Waals surface area contributed by atoms with E-state index in [1.807, 2.05) is 0 Å². The van der Waals surface area contributed by atoms with Crippen molar-refractivity contribution < 1.29 is 0 Å². The molecule has 0 radical (unpaired) electrons. The quantitative estimate of drug-likeness (QED) is 0.895. The molecule has 0 aromatic heterocycles. The average Bonchev–Trinajstić information content (AvgIpc) is 2.48. The van der Waals surface area contributed by atoms with Crippen molar-refractivity contribution in [1.29, 1.82) is 0 Å². The normalized spacial score (nSPS) is 21.9. The van der Waals surface area contributed by atoms with Crippen LogP contribution in [0.4, 0.5) is 0 Å². The van der Waals surface area contributed by atoms with Crippen LogP contribution in [-0.4, -0.2) is 37.1 Å². The van der Waals surface area contributed by atoms with Crippen molar-refractivity contribution in [2.24, 2.45) is 0 Å². The fraction of sp³-hybridized carbons (Fsp3) is 0.647. The molecule has 19 heavy (non-hydrogen) atoms. The van der Waals surface area contributed by atoms with Crippen LogP contribution in [0, 0.1) is 0 Å². The molecule has 1 fully saturated rings. The summed E-state index contributed by atoms with van der Waals surface area (Å²) < 4.78 is 0. The monoisotopic (exact) mass is 258 g/mol. The summed E-state index contributed by atoms with van der Waals surface area (Å²) in [6, 6.07) is 7.90. The van der Waals surface area contributed by atoms with Gasteiger partial charge in [-0.05, 0) is 55.7 Å². The molecule has 1 atom stereocenters. The highest BCUT2D eigenvalue weighted by atomic mass is 15.2. The van der Waals surface area contributed by atoms with Crippen LogP contribution in [0.25, 0.3) is 0 Å². The van der Waals surface area contributed by atoms with Gasteiger partial charge in [0.25, 0.3) is 0 Å². The van der Waals surface area contributed by atoms with Gasteiger partial charge in [0.2, 0.25) is 0 Å². The Labute approximate surface area is 117 Å². The molecule has 1 aromatic rings. The molecule has 1 aromatic carbocycles. The number of rotatable bonds is 3. The number of hydrogen-bond acceptors (Lipinski definition) is 2. The first-order valence-electron chi connectivity index (χ1n) is 7.88. The smallest absolute Gasteiger partial charge is 0.0110 e. The van der Waals surface area contributed by atoms with Crippen LogP contribution >= 0.6 is 0 Å². The molecule has 0 spiro atoms. The number of nitrogens with zero attached hydrogens (tertiary/aromatic N) is 1. The van der Waals surface area contributed by atoms with Crippen molar-refractivity contribution in [3.63, 3.8) is 0 Å². The van der Waals surface area contributed by atoms with Crippen molar-refractivity contribution in [2.45, 2.75) is 45.1 Å². The standard InChI is InChI=1S/C17H26N2/c1-14(19-10-8-18-9-11-19)12-15-6-7-16-4-2-3-5-17(16)13-15/h6-7,13-14,18H,2-5,8-12H2,1H3. The van der Waals surface area contributed by atoms with E-state index in [1.54, 1.807) is 11.1 Å². The zero-order chi connectivity index (χ0) is 13.1. The summed E-state index contributed by atoms with van der Waals surface area (Å²) in [5.41, 5.74) is 4.76. The molecule has 0 amide bonds. The second-order valence-electron chi connectivity index (χ2n) is 6.15. The number of piperazine rings is 1. The van der Waals surface area contributed by atoms with Gasteiger partial charge in [-0.15, -0.1) is 0 Å². The topological polar surface area (TPSA) is 15.3 Å². The molecule has 1 aliphatic heterocycles. The van der Waals surface area contributed by atoms with Crippen molar-refractivity contribution in [3.8, 4) is 0 Å². The summed E-state index contributed by atoms with van der Waals surface area (Å²) >= 11 is 0. The van der Waals surface area contributed by atoms with Crippen LogP contribution < -0.4 is 5.32 Å². The minimum atomic E-state index is 0.670. The summed E-state index contributed by atoms with van der Waals surface area (Å²) in [5.74, 6) is 0. The molecule has 0 bridgehead atoms. The molecule has 2 nitrogen and oxygen atoms in total. The fourth-order valence-electron chi connectivity index (χ4n) is 3.51. The third kappa shape index (κ3) is 3.18. The van der Waals surface area contributed by atoms with Gasteiger partial charge in [0, 0.05) is 32.2 Å². The highest BCUT2D eigenvalue weighted by Gasteiger charge is 2.17. The predicted octanol–water partition coefficient (Wildman–Crippen LogP) is 2.40. The molecule has 1 unspecified atom stereocenters. The van der Waals surface area contributed by atoms with Gasteiger partial charge in [-0.3, -0.25) is 4.90 Å². The second kappa shape index (κ2) is 6.06. The number of hydrogen-bond donors (Lipinski definition) is 1. The third-order valence-electron chi connectivity index (χ3n) is 4.72. The van der Waals surface area contributed by atoms with Crippen LogP contribution in [0.2, 0.25) is 0 Å². The van der Waals surface area contributed by atoms with E-state index >= 15 is 0 Å². The van der Waals surface area contributed by atoms with Gasteiger partial charge in [0.05, 0.1) is 0 Å². The van der Waals surface area contributed by atoms with E-state index < -0.39 is 0 Å². The summed E-state index contributed by atoms with van der Waals surface area (Å²) in [7, 11) is 0. The Morgan fingerprint density at radius 3 is 2.63 bits per heavy atom. The van der Waals surface area contributed by atoms with Crippen LogP contribution in [0.3, 0.4) is 0 Å². The van der Waals surface area contributed by atoms with Crippen molar-refractivity contribution in [1.82, 2.24) is 10.2 Å². The Morgan fingerprint density at radius 1 is 1.11 bits per heavy atom. The first-order chi connectivity index (χ1) is 9.33. The van der Waals surface area contributed by atoms with Gasteiger partial charge in [-0.2, -0.15) is 0 Å². The van der Waals surface area contributed by atoms with Crippen LogP contribution in [0.1, 0.15) is 36.5 Å². The second-order valence-corrected chi connectivity index (χ2v) is 6.15. The molecule has 1 heterocycles. The number of fused-ring (bicyclic) bond motifs is 1. The Morgan fingerprint density at radius 2 is 1.84 bits per heavy atom. The lowest BCUT2D eigenvalue weighted by Crippen LogP contribution is -2.48. The highest BCUT2D eigenvalue weighted by molar-refractivity contribution is 5.34. The SMILES string of the molecule is CC(Cc1ccc2c(c1)CCCC2)N1CCNCC1. The maximum absolute atomic E-state index is 3.43. The first kappa shape index (κ1) is 13.1. The molecular formula is C17H26N2. The van der Waals surface area contributed by atoms with Gasteiger partial charge < -0.3 is 5.32 Å². The molecule has 1 saturated heterocycles. The predicted molar refractivity (Wildman–Crippen MR) is 80.7 cm³/mol. The fourth-order valence-corrected chi connectivity index (χ4v) is 3.51. The summed E-state index contributed by atoms with van der Waals surface area (Å²) in [5, 5.41) is 3.43. The minimum Gasteiger partial charge on any atom is -0.314 e. The van der Waals surface area contributed by atoms with Gasteiger partial charge in [0.1, 0.15) is 0 Å². The summed E-state index contributed by atoms with van der Waals surface area (Å²) in [6.07, 6.45) is 6.55.